The number of halogens is 1. The van der Waals surface area contributed by atoms with E-state index in [1.165, 1.54) is 16.5 Å². The molecule has 26 heavy (non-hydrogen) atoms. The number of carbonyl (C=O) groups is 1. The summed E-state index contributed by atoms with van der Waals surface area (Å²) in [4.78, 5) is 14.8. The normalized spacial score (nSPS) is 17.5. The molecule has 1 saturated heterocycles. The topological polar surface area (TPSA) is 37.3 Å². The van der Waals surface area contributed by atoms with Crippen molar-refractivity contribution in [3.63, 3.8) is 0 Å². The van der Waals surface area contributed by atoms with Gasteiger partial charge in [0, 0.05) is 47.2 Å². The van der Waals surface area contributed by atoms with Gasteiger partial charge in [-0.1, -0.05) is 18.5 Å². The van der Waals surface area contributed by atoms with Gasteiger partial charge in [0.2, 0.25) is 5.91 Å². The van der Waals surface area contributed by atoms with E-state index >= 15 is 0 Å². The van der Waals surface area contributed by atoms with Gasteiger partial charge in [-0.15, -0.1) is 0 Å². The molecule has 1 aromatic heterocycles. The van der Waals surface area contributed by atoms with Gasteiger partial charge in [0.1, 0.15) is 0 Å². The molecule has 1 aliphatic heterocycles. The second kappa shape index (κ2) is 8.45. The Morgan fingerprint density at radius 2 is 2.04 bits per heavy atom. The van der Waals surface area contributed by atoms with Crippen LogP contribution in [0, 0.1) is 5.92 Å². The maximum atomic E-state index is 12.3. The number of aromatic nitrogens is 1. The van der Waals surface area contributed by atoms with E-state index in [2.05, 4.69) is 53.9 Å². The Hall–Kier alpha value is -1.52. The number of fused-ring (bicyclic) bond motifs is 1. The Kier molecular flexibility index (Phi) is 6.25. The van der Waals surface area contributed by atoms with E-state index in [0.29, 0.717) is 0 Å². The third-order valence-electron chi connectivity index (χ3n) is 5.62. The first-order chi connectivity index (χ1) is 12.5. The summed E-state index contributed by atoms with van der Waals surface area (Å²) < 4.78 is 2.29. The minimum Gasteiger partial charge on any atom is -0.353 e. The summed E-state index contributed by atoms with van der Waals surface area (Å²) in [5.41, 5.74) is 2.57. The standard InChI is InChI=1S/C21H30ClN3O/c1-4-15(3)23-21(26)16-8-10-24(11-9-16)13-17-14-25(5-2)20-7-6-18(22)12-19(17)20/h6-7,12,14-16H,4-5,8-11,13H2,1-3H3,(H,23,26)/t15-/m0/s1. The van der Waals surface area contributed by atoms with Crippen LogP contribution in [0.4, 0.5) is 0 Å². The lowest BCUT2D eigenvalue weighted by atomic mass is 9.95. The van der Waals surface area contributed by atoms with Gasteiger partial charge >= 0.3 is 0 Å². The van der Waals surface area contributed by atoms with Crippen LogP contribution in [0.1, 0.15) is 45.6 Å². The van der Waals surface area contributed by atoms with Gasteiger partial charge < -0.3 is 9.88 Å². The van der Waals surface area contributed by atoms with Gasteiger partial charge in [0.05, 0.1) is 0 Å². The minimum atomic E-state index is 0.159. The zero-order valence-electron chi connectivity index (χ0n) is 16.1. The van der Waals surface area contributed by atoms with Crippen LogP contribution in [0.3, 0.4) is 0 Å². The second-order valence-corrected chi connectivity index (χ2v) is 7.91. The van der Waals surface area contributed by atoms with Crippen molar-refractivity contribution in [2.75, 3.05) is 13.1 Å². The number of carbonyl (C=O) groups excluding carboxylic acids is 1. The highest BCUT2D eigenvalue weighted by Crippen LogP contribution is 2.27. The quantitative estimate of drug-likeness (QED) is 0.810. The highest BCUT2D eigenvalue weighted by atomic mass is 35.5. The maximum Gasteiger partial charge on any atom is 0.223 e. The summed E-state index contributed by atoms with van der Waals surface area (Å²) in [6.45, 7) is 10.2. The first-order valence-electron chi connectivity index (χ1n) is 9.81. The molecule has 1 fully saturated rings. The number of nitrogens with one attached hydrogen (secondary N) is 1. The summed E-state index contributed by atoms with van der Waals surface area (Å²) in [5.74, 6) is 0.389. The number of nitrogens with zero attached hydrogens (tertiary/aromatic N) is 2. The molecule has 4 nitrogen and oxygen atoms in total. The summed E-state index contributed by atoms with van der Waals surface area (Å²) >= 11 is 6.23. The molecule has 0 spiro atoms. The smallest absolute Gasteiger partial charge is 0.223 e. The largest absolute Gasteiger partial charge is 0.353 e. The molecule has 1 aromatic carbocycles. The molecule has 2 heterocycles. The van der Waals surface area contributed by atoms with E-state index in [-0.39, 0.29) is 17.9 Å². The monoisotopic (exact) mass is 375 g/mol. The molecule has 5 heteroatoms. The fourth-order valence-corrected chi connectivity index (χ4v) is 3.96. The molecule has 1 atom stereocenters. The summed E-state index contributed by atoms with van der Waals surface area (Å²) in [7, 11) is 0. The third kappa shape index (κ3) is 4.24. The molecule has 2 aromatic rings. The van der Waals surface area contributed by atoms with Crippen molar-refractivity contribution in [3.05, 3.63) is 35.0 Å². The molecule has 3 rings (SSSR count). The lowest BCUT2D eigenvalue weighted by Gasteiger charge is -2.31. The van der Waals surface area contributed by atoms with Gasteiger partial charge in [-0.2, -0.15) is 0 Å². The highest BCUT2D eigenvalue weighted by molar-refractivity contribution is 6.31. The predicted octanol–water partition coefficient (Wildman–Crippen LogP) is 4.44. The van der Waals surface area contributed by atoms with Gasteiger partial charge in [-0.3, -0.25) is 9.69 Å². The van der Waals surface area contributed by atoms with Gasteiger partial charge in [-0.25, -0.2) is 0 Å². The van der Waals surface area contributed by atoms with E-state index in [4.69, 9.17) is 11.6 Å². The molecule has 0 saturated carbocycles. The zero-order valence-corrected chi connectivity index (χ0v) is 16.9. The summed E-state index contributed by atoms with van der Waals surface area (Å²) in [6, 6.07) is 6.41. The number of amides is 1. The predicted molar refractivity (Wildman–Crippen MR) is 109 cm³/mol. The minimum absolute atomic E-state index is 0.159. The first kappa shape index (κ1) is 19.2. The van der Waals surface area contributed by atoms with Crippen LogP contribution in [-0.4, -0.2) is 34.5 Å². The Bertz CT molecular complexity index is 762. The van der Waals surface area contributed by atoms with Crippen LogP contribution in [0.2, 0.25) is 5.02 Å². The molecule has 0 radical (unpaired) electrons. The molecule has 1 aliphatic rings. The second-order valence-electron chi connectivity index (χ2n) is 7.47. The highest BCUT2D eigenvalue weighted by Gasteiger charge is 2.26. The Labute approximate surface area is 161 Å². The van der Waals surface area contributed by atoms with E-state index in [9.17, 15) is 4.79 Å². The fourth-order valence-electron chi connectivity index (χ4n) is 3.79. The Morgan fingerprint density at radius 1 is 1.31 bits per heavy atom. The molecule has 1 amide bonds. The molecule has 142 valence electrons. The van der Waals surface area contributed by atoms with E-state index in [0.717, 1.165) is 50.5 Å². The van der Waals surface area contributed by atoms with Crippen LogP contribution in [0.5, 0.6) is 0 Å². The molecule has 0 unspecified atom stereocenters. The van der Waals surface area contributed by atoms with Crippen LogP contribution in [-0.2, 0) is 17.9 Å². The maximum absolute atomic E-state index is 12.3. The molecule has 0 aliphatic carbocycles. The van der Waals surface area contributed by atoms with Crippen molar-refractivity contribution in [1.82, 2.24) is 14.8 Å². The molecular formula is C21H30ClN3O. The number of likely N-dealkylation sites (tertiary alicyclic amines) is 1. The number of hydrogen-bond acceptors (Lipinski definition) is 2. The van der Waals surface area contributed by atoms with Crippen molar-refractivity contribution < 1.29 is 4.79 Å². The lowest BCUT2D eigenvalue weighted by Crippen LogP contribution is -2.42. The van der Waals surface area contributed by atoms with Crippen molar-refractivity contribution in [3.8, 4) is 0 Å². The van der Waals surface area contributed by atoms with E-state index in [1.54, 1.807) is 0 Å². The SMILES string of the molecule is CC[C@H](C)NC(=O)C1CCN(Cc2cn(CC)c3ccc(Cl)cc23)CC1. The number of hydrogen-bond donors (Lipinski definition) is 1. The van der Waals surface area contributed by atoms with Crippen LogP contribution in [0.25, 0.3) is 10.9 Å². The number of aryl methyl sites for hydroxylation is 1. The zero-order chi connectivity index (χ0) is 18.7. The van der Waals surface area contributed by atoms with Crippen LogP contribution in [0.15, 0.2) is 24.4 Å². The average molecular weight is 376 g/mol. The van der Waals surface area contributed by atoms with Crippen molar-refractivity contribution in [1.29, 1.82) is 0 Å². The third-order valence-corrected chi connectivity index (χ3v) is 5.85. The molecular weight excluding hydrogens is 346 g/mol. The number of benzene rings is 1. The average Bonchev–Trinajstić information content (AvgIpc) is 2.99. The summed E-state index contributed by atoms with van der Waals surface area (Å²) in [5, 5.41) is 5.16. The fraction of sp³-hybridized carbons (Fsp3) is 0.571. The van der Waals surface area contributed by atoms with Crippen molar-refractivity contribution in [2.45, 2.75) is 59.2 Å². The van der Waals surface area contributed by atoms with E-state index in [1.807, 2.05) is 6.07 Å². The van der Waals surface area contributed by atoms with Gasteiger partial charge in [0.25, 0.3) is 0 Å². The van der Waals surface area contributed by atoms with E-state index < -0.39 is 0 Å². The van der Waals surface area contributed by atoms with Crippen LogP contribution >= 0.6 is 11.6 Å². The molecule has 1 N–H and O–H groups in total. The lowest BCUT2D eigenvalue weighted by molar-refractivity contribution is -0.127. The summed E-state index contributed by atoms with van der Waals surface area (Å²) in [6.07, 6.45) is 5.11. The van der Waals surface area contributed by atoms with Gasteiger partial charge in [-0.05, 0) is 70.0 Å². The van der Waals surface area contributed by atoms with Crippen LogP contribution < -0.4 is 5.32 Å². The number of rotatable bonds is 6. The molecule has 0 bridgehead atoms. The Balaban J connectivity index is 1.64. The van der Waals surface area contributed by atoms with Gasteiger partial charge in [0.15, 0.2) is 0 Å². The van der Waals surface area contributed by atoms with Crippen molar-refractivity contribution in [2.24, 2.45) is 5.92 Å². The number of piperidine rings is 1. The Morgan fingerprint density at radius 3 is 2.69 bits per heavy atom. The first-order valence-corrected chi connectivity index (χ1v) is 10.2. The van der Waals surface area contributed by atoms with Crippen molar-refractivity contribution >= 4 is 28.4 Å².